The van der Waals surface area contributed by atoms with Crippen LogP contribution in [-0.2, 0) is 22.3 Å². The second-order valence-corrected chi connectivity index (χ2v) is 8.94. The summed E-state index contributed by atoms with van der Waals surface area (Å²) in [7, 11) is 0. The Kier molecular flexibility index (Phi) is 8.46. The van der Waals surface area contributed by atoms with Gasteiger partial charge in [-0.25, -0.2) is 4.79 Å². The number of alkyl halides is 3. The van der Waals surface area contributed by atoms with Crippen molar-refractivity contribution < 1.29 is 32.7 Å². The molecule has 1 unspecified atom stereocenters. The minimum absolute atomic E-state index is 0.0670. The SMILES string of the molecule is CCCC[C@@H](C(=O)C(=O)Nc1ccn[nH]1)N(C(=O)O)C(Cn1ccc(C(F)(F)F)n1)C(C)(C)C. The molecule has 0 fully saturated rings. The summed E-state index contributed by atoms with van der Waals surface area (Å²) in [5.74, 6) is -1.84. The molecule has 0 saturated heterocycles. The predicted molar refractivity (Wildman–Crippen MR) is 116 cm³/mol. The monoisotopic (exact) mass is 486 g/mol. The van der Waals surface area contributed by atoms with Gasteiger partial charge < -0.3 is 10.4 Å². The lowest BCUT2D eigenvalue weighted by molar-refractivity contribution is -0.141. The van der Waals surface area contributed by atoms with Crippen molar-refractivity contribution in [3.05, 3.63) is 30.2 Å². The van der Waals surface area contributed by atoms with Crippen molar-refractivity contribution in [2.45, 2.75) is 71.8 Å². The van der Waals surface area contributed by atoms with Gasteiger partial charge in [0.2, 0.25) is 5.78 Å². The number of hydrogen-bond acceptors (Lipinski definition) is 5. The standard InChI is InChI=1S/C21H29F3N6O4/c1-5-6-7-13(17(31)18(32)26-16-8-10-25-27-16)30(19(33)34)15(20(2,3)4)12-29-11-9-14(28-29)21(22,23)24/h8-11,13,15H,5-7,12H2,1-4H3,(H,33,34)(H2,25,26,27,32)/t13-,15?/m0/s1. The van der Waals surface area contributed by atoms with Crippen molar-refractivity contribution in [3.8, 4) is 0 Å². The summed E-state index contributed by atoms with van der Waals surface area (Å²) in [5, 5.41) is 22.1. The average Bonchev–Trinajstić information content (AvgIpc) is 3.40. The van der Waals surface area contributed by atoms with Crippen LogP contribution in [0.4, 0.5) is 23.8 Å². The fourth-order valence-corrected chi connectivity index (χ4v) is 3.51. The van der Waals surface area contributed by atoms with Crippen LogP contribution in [0, 0.1) is 5.41 Å². The van der Waals surface area contributed by atoms with E-state index in [4.69, 9.17) is 0 Å². The summed E-state index contributed by atoms with van der Waals surface area (Å²) in [6.45, 7) is 6.71. The van der Waals surface area contributed by atoms with Crippen LogP contribution >= 0.6 is 0 Å². The van der Waals surface area contributed by atoms with Gasteiger partial charge in [0.1, 0.15) is 11.9 Å². The Morgan fingerprint density at radius 1 is 1.24 bits per heavy atom. The molecule has 2 heterocycles. The highest BCUT2D eigenvalue weighted by Gasteiger charge is 2.43. The van der Waals surface area contributed by atoms with Crippen molar-refractivity contribution in [2.24, 2.45) is 5.41 Å². The molecule has 0 radical (unpaired) electrons. The van der Waals surface area contributed by atoms with Crippen LogP contribution < -0.4 is 5.32 Å². The third-order valence-corrected chi connectivity index (χ3v) is 5.29. The van der Waals surface area contributed by atoms with E-state index in [1.807, 2.05) is 6.92 Å². The van der Waals surface area contributed by atoms with Crippen LogP contribution in [0.5, 0.6) is 0 Å². The molecule has 2 aromatic heterocycles. The molecule has 2 amide bonds. The van der Waals surface area contributed by atoms with Crippen molar-refractivity contribution in [1.82, 2.24) is 24.9 Å². The van der Waals surface area contributed by atoms with Gasteiger partial charge in [-0.2, -0.15) is 23.4 Å². The van der Waals surface area contributed by atoms with E-state index in [1.54, 1.807) is 20.8 Å². The predicted octanol–water partition coefficient (Wildman–Crippen LogP) is 3.79. The number of ketones is 1. The molecule has 2 rings (SSSR count). The second kappa shape index (κ2) is 10.7. The van der Waals surface area contributed by atoms with Gasteiger partial charge >= 0.3 is 12.3 Å². The number of aromatic nitrogens is 4. The number of carbonyl (C=O) groups is 3. The lowest BCUT2D eigenvalue weighted by Crippen LogP contribution is -2.57. The molecule has 0 saturated carbocycles. The number of rotatable bonds is 10. The zero-order valence-corrected chi connectivity index (χ0v) is 19.4. The molecule has 0 aliphatic heterocycles. The number of anilines is 1. The molecule has 2 atom stereocenters. The van der Waals surface area contributed by atoms with Crippen molar-refractivity contribution in [1.29, 1.82) is 0 Å². The van der Waals surface area contributed by atoms with Crippen LogP contribution in [0.1, 0.15) is 52.7 Å². The smallest absolute Gasteiger partial charge is 0.435 e. The number of aromatic amines is 1. The van der Waals surface area contributed by atoms with Crippen molar-refractivity contribution in [2.75, 3.05) is 5.32 Å². The van der Waals surface area contributed by atoms with Gasteiger partial charge in [0.25, 0.3) is 5.91 Å². The van der Waals surface area contributed by atoms with E-state index in [-0.39, 0.29) is 18.8 Å². The van der Waals surface area contributed by atoms with E-state index >= 15 is 0 Å². The summed E-state index contributed by atoms with van der Waals surface area (Å²) in [6, 6.07) is -0.101. The molecule has 188 valence electrons. The highest BCUT2D eigenvalue weighted by Crippen LogP contribution is 2.31. The van der Waals surface area contributed by atoms with E-state index in [0.717, 1.165) is 21.8 Å². The van der Waals surface area contributed by atoms with Gasteiger partial charge in [-0.05, 0) is 17.9 Å². The first-order valence-corrected chi connectivity index (χ1v) is 10.7. The van der Waals surface area contributed by atoms with E-state index in [2.05, 4.69) is 20.6 Å². The highest BCUT2D eigenvalue weighted by molar-refractivity contribution is 6.42. The Hall–Kier alpha value is -3.38. The van der Waals surface area contributed by atoms with Gasteiger partial charge in [0, 0.05) is 12.3 Å². The molecule has 34 heavy (non-hydrogen) atoms. The normalized spacial score (nSPS) is 13.9. The Labute approximate surface area is 194 Å². The Morgan fingerprint density at radius 3 is 2.38 bits per heavy atom. The van der Waals surface area contributed by atoms with E-state index < -0.39 is 47.2 Å². The topological polar surface area (TPSA) is 133 Å². The molecule has 0 aliphatic rings. The first-order chi connectivity index (χ1) is 15.8. The van der Waals surface area contributed by atoms with Crippen LogP contribution in [0.15, 0.2) is 24.5 Å². The third kappa shape index (κ3) is 6.81. The van der Waals surface area contributed by atoms with Crippen molar-refractivity contribution in [3.63, 3.8) is 0 Å². The molecular formula is C21H29F3N6O4. The van der Waals surface area contributed by atoms with Gasteiger partial charge in [-0.1, -0.05) is 40.5 Å². The maximum absolute atomic E-state index is 13.1. The summed E-state index contributed by atoms with van der Waals surface area (Å²) in [5.41, 5.74) is -1.92. The third-order valence-electron chi connectivity index (χ3n) is 5.29. The van der Waals surface area contributed by atoms with Gasteiger partial charge in [0.15, 0.2) is 5.69 Å². The molecule has 13 heteroatoms. The number of halogens is 3. The summed E-state index contributed by atoms with van der Waals surface area (Å²) in [6.07, 6.45) is -2.49. The first kappa shape index (κ1) is 26.9. The van der Waals surface area contributed by atoms with Gasteiger partial charge in [0.05, 0.1) is 18.8 Å². The zero-order chi connectivity index (χ0) is 25.7. The molecule has 0 spiro atoms. The summed E-state index contributed by atoms with van der Waals surface area (Å²) >= 11 is 0. The lowest BCUT2D eigenvalue weighted by atomic mass is 9.84. The number of H-pyrrole nitrogens is 1. The number of Topliss-reactive ketones (excluding diaryl/α,β-unsaturated/α-hetero) is 1. The van der Waals surface area contributed by atoms with Gasteiger partial charge in [-0.15, -0.1) is 0 Å². The zero-order valence-electron chi connectivity index (χ0n) is 19.4. The van der Waals surface area contributed by atoms with Crippen LogP contribution in [0.2, 0.25) is 0 Å². The largest absolute Gasteiger partial charge is 0.465 e. The maximum Gasteiger partial charge on any atom is 0.435 e. The maximum atomic E-state index is 13.1. The first-order valence-electron chi connectivity index (χ1n) is 10.7. The quantitative estimate of drug-likeness (QED) is 0.438. The number of carboxylic acid groups (broad SMARTS) is 1. The molecule has 2 aromatic rings. The Balaban J connectivity index is 2.42. The fraction of sp³-hybridized carbons (Fsp3) is 0.571. The van der Waals surface area contributed by atoms with Crippen LogP contribution in [-0.4, -0.2) is 59.9 Å². The number of unbranched alkanes of at least 4 members (excludes halogenated alkanes) is 1. The van der Waals surface area contributed by atoms with E-state index in [0.29, 0.717) is 12.8 Å². The molecule has 10 nitrogen and oxygen atoms in total. The van der Waals surface area contributed by atoms with E-state index in [9.17, 15) is 32.7 Å². The summed E-state index contributed by atoms with van der Waals surface area (Å²) in [4.78, 5) is 39.0. The van der Waals surface area contributed by atoms with Crippen molar-refractivity contribution >= 4 is 23.6 Å². The van der Waals surface area contributed by atoms with Gasteiger partial charge in [-0.3, -0.25) is 24.3 Å². The van der Waals surface area contributed by atoms with Crippen LogP contribution in [0.3, 0.4) is 0 Å². The number of carbonyl (C=O) groups excluding carboxylic acids is 2. The minimum atomic E-state index is -4.65. The summed E-state index contributed by atoms with van der Waals surface area (Å²) < 4.78 is 40.0. The minimum Gasteiger partial charge on any atom is -0.465 e. The fourth-order valence-electron chi connectivity index (χ4n) is 3.51. The molecular weight excluding hydrogens is 457 g/mol. The van der Waals surface area contributed by atoms with Crippen LogP contribution in [0.25, 0.3) is 0 Å². The number of hydrogen-bond donors (Lipinski definition) is 3. The number of amides is 2. The highest BCUT2D eigenvalue weighted by atomic mass is 19.4. The molecule has 0 aliphatic carbocycles. The van der Waals surface area contributed by atoms with E-state index in [1.165, 1.54) is 12.3 Å². The Morgan fingerprint density at radius 2 is 1.91 bits per heavy atom. The second-order valence-electron chi connectivity index (χ2n) is 8.94. The molecule has 0 bridgehead atoms. The molecule has 3 N–H and O–H groups in total. The lowest BCUT2D eigenvalue weighted by Gasteiger charge is -2.42. The molecule has 0 aromatic carbocycles. The average molecular weight is 486 g/mol. The number of nitrogens with one attached hydrogen (secondary N) is 2. The Bertz CT molecular complexity index is 982. The number of nitrogens with zero attached hydrogens (tertiary/aromatic N) is 4.